The van der Waals surface area contributed by atoms with Crippen LogP contribution in [0.3, 0.4) is 0 Å². The van der Waals surface area contributed by atoms with Crippen LogP contribution in [-0.4, -0.2) is 11.2 Å². The Morgan fingerprint density at radius 1 is 1.15 bits per heavy atom. The summed E-state index contributed by atoms with van der Waals surface area (Å²) in [5.74, 6) is 0.768. The highest BCUT2D eigenvalue weighted by Gasteiger charge is 2.15. The molecule has 1 heterocycles. The van der Waals surface area contributed by atoms with Gasteiger partial charge in [-0.1, -0.05) is 46.3 Å². The van der Waals surface area contributed by atoms with Crippen LogP contribution in [-0.2, 0) is 6.42 Å². The minimum Gasteiger partial charge on any atom is -0.441 e. The minimum absolute atomic E-state index is 0.208. The zero-order chi connectivity index (χ0) is 13.9. The molecule has 102 valence electrons. The van der Waals surface area contributed by atoms with E-state index in [1.54, 1.807) is 11.8 Å². The average Bonchev–Trinajstić information content (AvgIpc) is 2.89. The molecule has 0 radical (unpaired) electrons. The van der Waals surface area contributed by atoms with Crippen LogP contribution in [0.2, 0.25) is 0 Å². The number of hydrogen-bond donors (Lipinski definition) is 0. The summed E-state index contributed by atoms with van der Waals surface area (Å²) in [6, 6.07) is 16.3. The van der Waals surface area contributed by atoms with Gasteiger partial charge in [-0.05, 0) is 30.0 Å². The molecule has 2 nitrogen and oxygen atoms in total. The Bertz CT molecular complexity index is 692. The van der Waals surface area contributed by atoms with Crippen molar-refractivity contribution in [2.24, 2.45) is 0 Å². The zero-order valence-electron chi connectivity index (χ0n) is 11.0. The topological polar surface area (TPSA) is 26.0 Å². The Labute approximate surface area is 130 Å². The zero-order valence-corrected chi connectivity index (χ0v) is 13.4. The molecule has 0 aliphatic carbocycles. The maximum Gasteiger partial charge on any atom is 0.196 e. The lowest BCUT2D eigenvalue weighted by Crippen LogP contribution is -1.97. The average molecular weight is 348 g/mol. The molecule has 3 aromatic rings. The van der Waals surface area contributed by atoms with E-state index in [2.05, 4.69) is 51.4 Å². The van der Waals surface area contributed by atoms with Crippen molar-refractivity contribution in [3.63, 3.8) is 0 Å². The summed E-state index contributed by atoms with van der Waals surface area (Å²) in [4.78, 5) is 6.02. The van der Waals surface area contributed by atoms with Crippen LogP contribution in [0.1, 0.15) is 16.3 Å². The third-order valence-electron chi connectivity index (χ3n) is 3.17. The maximum atomic E-state index is 5.79. The third-order valence-corrected chi connectivity index (χ3v) is 4.80. The Balaban J connectivity index is 1.86. The monoisotopic (exact) mass is 347 g/mol. The van der Waals surface area contributed by atoms with Gasteiger partial charge in [-0.25, -0.2) is 4.98 Å². The lowest BCUT2D eigenvalue weighted by atomic mass is 10.1. The number of rotatable bonds is 4. The summed E-state index contributed by atoms with van der Waals surface area (Å²) in [6.07, 6.45) is 2.84. The lowest BCUT2D eigenvalue weighted by Gasteiger charge is -2.11. The van der Waals surface area contributed by atoms with Crippen molar-refractivity contribution in [1.29, 1.82) is 0 Å². The molecule has 1 unspecified atom stereocenters. The fourth-order valence-corrected chi connectivity index (χ4v) is 3.68. The van der Waals surface area contributed by atoms with Crippen molar-refractivity contribution in [3.05, 3.63) is 60.0 Å². The molecule has 0 N–H and O–H groups in total. The standard InChI is InChI=1S/C16H14BrNOS/c1-20-15-9-5-2-6-11(15)12(17)10-16-18-13-7-3-4-8-14(13)19-16/h2-9,12H,10H2,1H3. The van der Waals surface area contributed by atoms with Gasteiger partial charge in [-0.2, -0.15) is 0 Å². The summed E-state index contributed by atoms with van der Waals surface area (Å²) in [7, 11) is 0. The predicted molar refractivity (Wildman–Crippen MR) is 87.6 cm³/mol. The largest absolute Gasteiger partial charge is 0.441 e. The lowest BCUT2D eigenvalue weighted by molar-refractivity contribution is 0.526. The Morgan fingerprint density at radius 3 is 2.70 bits per heavy atom. The van der Waals surface area contributed by atoms with Gasteiger partial charge in [0.1, 0.15) is 5.52 Å². The van der Waals surface area contributed by atoms with Gasteiger partial charge >= 0.3 is 0 Å². The molecule has 0 fully saturated rings. The van der Waals surface area contributed by atoms with E-state index in [-0.39, 0.29) is 4.83 Å². The van der Waals surface area contributed by atoms with Gasteiger partial charge in [0.25, 0.3) is 0 Å². The quantitative estimate of drug-likeness (QED) is 0.477. The molecule has 0 aliphatic rings. The van der Waals surface area contributed by atoms with E-state index in [0.29, 0.717) is 0 Å². The van der Waals surface area contributed by atoms with Crippen molar-refractivity contribution in [2.45, 2.75) is 16.1 Å². The van der Waals surface area contributed by atoms with Crippen molar-refractivity contribution >= 4 is 38.8 Å². The Hall–Kier alpha value is -1.26. The van der Waals surface area contributed by atoms with Gasteiger partial charge in [0, 0.05) is 16.1 Å². The molecule has 1 aromatic heterocycles. The van der Waals surface area contributed by atoms with Crippen molar-refractivity contribution < 1.29 is 4.42 Å². The van der Waals surface area contributed by atoms with Crippen LogP contribution in [0, 0.1) is 0 Å². The summed E-state index contributed by atoms with van der Waals surface area (Å²) < 4.78 is 5.79. The van der Waals surface area contributed by atoms with Gasteiger partial charge in [0.2, 0.25) is 0 Å². The van der Waals surface area contributed by atoms with E-state index < -0.39 is 0 Å². The van der Waals surface area contributed by atoms with E-state index in [1.165, 1.54) is 10.5 Å². The van der Waals surface area contributed by atoms with Gasteiger partial charge in [0.15, 0.2) is 11.5 Å². The molecule has 0 bridgehead atoms. The van der Waals surface area contributed by atoms with Crippen LogP contribution in [0.5, 0.6) is 0 Å². The first kappa shape index (κ1) is 13.7. The van der Waals surface area contributed by atoms with Crippen molar-refractivity contribution in [1.82, 2.24) is 4.98 Å². The predicted octanol–water partition coefficient (Wildman–Crippen LogP) is 5.23. The van der Waals surface area contributed by atoms with Gasteiger partial charge in [0.05, 0.1) is 0 Å². The highest BCUT2D eigenvalue weighted by atomic mass is 79.9. The molecule has 0 saturated heterocycles. The second kappa shape index (κ2) is 6.02. The SMILES string of the molecule is CSc1ccccc1C(Br)Cc1nc2ccccc2o1. The molecule has 0 aliphatic heterocycles. The smallest absolute Gasteiger partial charge is 0.196 e. The molecule has 1 atom stereocenters. The highest BCUT2D eigenvalue weighted by Crippen LogP contribution is 2.34. The van der Waals surface area contributed by atoms with Crippen molar-refractivity contribution in [2.75, 3.05) is 6.26 Å². The molecular weight excluding hydrogens is 334 g/mol. The molecular formula is C16H14BrNOS. The second-order valence-electron chi connectivity index (χ2n) is 4.49. The van der Waals surface area contributed by atoms with Crippen LogP contribution < -0.4 is 0 Å². The number of oxazole rings is 1. The highest BCUT2D eigenvalue weighted by molar-refractivity contribution is 9.09. The summed E-state index contributed by atoms with van der Waals surface area (Å²) in [6.45, 7) is 0. The van der Waals surface area contributed by atoms with Gasteiger partial charge in [-0.15, -0.1) is 11.8 Å². The summed E-state index contributed by atoms with van der Waals surface area (Å²) in [5, 5.41) is 0. The molecule has 2 aromatic carbocycles. The van der Waals surface area contributed by atoms with E-state index in [9.17, 15) is 0 Å². The number of alkyl halides is 1. The fourth-order valence-electron chi connectivity index (χ4n) is 2.20. The van der Waals surface area contributed by atoms with Crippen LogP contribution in [0.4, 0.5) is 0 Å². The first-order chi connectivity index (χ1) is 9.78. The number of hydrogen-bond acceptors (Lipinski definition) is 3. The number of benzene rings is 2. The van der Waals surface area contributed by atoms with Crippen LogP contribution in [0.25, 0.3) is 11.1 Å². The molecule has 3 rings (SSSR count). The second-order valence-corrected chi connectivity index (χ2v) is 6.44. The first-order valence-corrected chi connectivity index (χ1v) is 8.53. The maximum absolute atomic E-state index is 5.79. The molecule has 0 spiro atoms. The van der Waals surface area contributed by atoms with Crippen LogP contribution in [0.15, 0.2) is 57.8 Å². The molecule has 0 amide bonds. The summed E-state index contributed by atoms with van der Waals surface area (Å²) in [5.41, 5.74) is 3.04. The van der Waals surface area contributed by atoms with Crippen molar-refractivity contribution in [3.8, 4) is 0 Å². The van der Waals surface area contributed by atoms with Crippen LogP contribution >= 0.6 is 27.7 Å². The Morgan fingerprint density at radius 2 is 1.90 bits per heavy atom. The molecule has 20 heavy (non-hydrogen) atoms. The fraction of sp³-hybridized carbons (Fsp3) is 0.188. The number of halogens is 1. The normalized spacial score (nSPS) is 12.7. The number of fused-ring (bicyclic) bond motifs is 1. The summed E-state index contributed by atoms with van der Waals surface area (Å²) >= 11 is 5.52. The van der Waals surface area contributed by atoms with Gasteiger partial charge < -0.3 is 4.42 Å². The number of thioether (sulfide) groups is 1. The Kier molecular flexibility index (Phi) is 4.13. The van der Waals surface area contributed by atoms with E-state index in [0.717, 1.165) is 23.4 Å². The minimum atomic E-state index is 0.208. The first-order valence-electron chi connectivity index (χ1n) is 6.39. The van der Waals surface area contributed by atoms with Gasteiger partial charge in [-0.3, -0.25) is 0 Å². The van der Waals surface area contributed by atoms with E-state index in [4.69, 9.17) is 4.42 Å². The molecule has 0 saturated carbocycles. The van der Waals surface area contributed by atoms with E-state index in [1.807, 2.05) is 24.3 Å². The number of aromatic nitrogens is 1. The number of nitrogens with zero attached hydrogens (tertiary/aromatic N) is 1. The number of para-hydroxylation sites is 2. The third kappa shape index (κ3) is 2.76. The van der Waals surface area contributed by atoms with E-state index >= 15 is 0 Å². The molecule has 4 heteroatoms.